The summed E-state index contributed by atoms with van der Waals surface area (Å²) in [5.74, 6) is -0.843. The Kier molecular flexibility index (Phi) is 4.32. The number of rotatable bonds is 4. The average molecular weight is 265 g/mol. The molecule has 1 unspecified atom stereocenters. The first kappa shape index (κ1) is 13.6. The number of nitrogens with one attached hydrogen (secondary N) is 1. The normalized spacial score (nSPS) is 11.2. The van der Waals surface area contributed by atoms with Crippen molar-refractivity contribution in [3.8, 4) is 12.1 Å². The lowest BCUT2D eigenvalue weighted by Crippen LogP contribution is -2.11. The molecular formula is C16H12FN3. The van der Waals surface area contributed by atoms with Gasteiger partial charge in [-0.1, -0.05) is 30.3 Å². The Hall–Kier alpha value is -2.85. The van der Waals surface area contributed by atoms with Crippen LogP contribution < -0.4 is 5.32 Å². The third-order valence-electron chi connectivity index (χ3n) is 2.95. The maximum absolute atomic E-state index is 13.2. The Morgan fingerprint density at radius 2 is 1.85 bits per heavy atom. The summed E-state index contributed by atoms with van der Waals surface area (Å²) in [6.45, 7) is 0.400. The molecule has 98 valence electrons. The summed E-state index contributed by atoms with van der Waals surface area (Å²) in [6.07, 6.45) is 0. The molecule has 2 aromatic rings. The van der Waals surface area contributed by atoms with Crippen LogP contribution in [0.1, 0.15) is 17.0 Å². The molecule has 0 radical (unpaired) electrons. The maximum Gasteiger partial charge on any atom is 0.141 e. The average Bonchev–Trinajstić information content (AvgIpc) is 2.50. The zero-order chi connectivity index (χ0) is 14.4. The van der Waals surface area contributed by atoms with E-state index < -0.39 is 5.82 Å². The molecule has 4 heteroatoms. The summed E-state index contributed by atoms with van der Waals surface area (Å²) < 4.78 is 13.2. The van der Waals surface area contributed by atoms with E-state index >= 15 is 0 Å². The van der Waals surface area contributed by atoms with E-state index in [-0.39, 0.29) is 11.5 Å². The molecule has 0 fully saturated rings. The highest BCUT2D eigenvalue weighted by atomic mass is 19.1. The van der Waals surface area contributed by atoms with Gasteiger partial charge in [-0.05, 0) is 23.8 Å². The molecule has 1 N–H and O–H groups in total. The first-order valence-corrected chi connectivity index (χ1v) is 6.12. The molecular weight excluding hydrogens is 253 g/mol. The molecule has 3 nitrogen and oxygen atoms in total. The second-order valence-electron chi connectivity index (χ2n) is 4.28. The van der Waals surface area contributed by atoms with E-state index in [0.29, 0.717) is 12.2 Å². The van der Waals surface area contributed by atoms with Gasteiger partial charge < -0.3 is 5.32 Å². The summed E-state index contributed by atoms with van der Waals surface area (Å²) in [4.78, 5) is 0. The van der Waals surface area contributed by atoms with Crippen molar-refractivity contribution in [2.24, 2.45) is 0 Å². The van der Waals surface area contributed by atoms with Gasteiger partial charge in [-0.2, -0.15) is 10.5 Å². The van der Waals surface area contributed by atoms with Crippen LogP contribution in [0, 0.1) is 28.5 Å². The highest BCUT2D eigenvalue weighted by molar-refractivity contribution is 5.50. The summed E-state index contributed by atoms with van der Waals surface area (Å²) >= 11 is 0. The molecule has 0 bridgehead atoms. The Balaban J connectivity index is 2.08. The lowest BCUT2D eigenvalue weighted by molar-refractivity contribution is 0.624. The predicted octanol–water partition coefficient (Wildman–Crippen LogP) is 3.42. The molecule has 2 rings (SSSR count). The van der Waals surface area contributed by atoms with Gasteiger partial charge in [0.15, 0.2) is 0 Å². The van der Waals surface area contributed by atoms with Crippen LogP contribution >= 0.6 is 0 Å². The fraction of sp³-hybridized carbons (Fsp3) is 0.125. The smallest absolute Gasteiger partial charge is 0.141 e. The second kappa shape index (κ2) is 6.36. The minimum atomic E-state index is -0.544. The lowest BCUT2D eigenvalue weighted by Gasteiger charge is -2.12. The number of nitrogens with zero attached hydrogens (tertiary/aromatic N) is 2. The zero-order valence-electron chi connectivity index (χ0n) is 10.7. The Morgan fingerprint density at radius 3 is 2.50 bits per heavy atom. The molecule has 0 amide bonds. The lowest BCUT2D eigenvalue weighted by atomic mass is 10.0. The molecule has 0 saturated heterocycles. The first-order valence-electron chi connectivity index (χ1n) is 6.12. The Labute approximate surface area is 116 Å². The number of anilines is 1. The third kappa shape index (κ3) is 3.13. The molecule has 20 heavy (non-hydrogen) atoms. The van der Waals surface area contributed by atoms with Gasteiger partial charge in [-0.3, -0.25) is 0 Å². The fourth-order valence-electron chi connectivity index (χ4n) is 1.86. The highest BCUT2D eigenvalue weighted by Crippen LogP contribution is 2.18. The Bertz CT molecular complexity index is 668. The molecule has 0 aliphatic heterocycles. The van der Waals surface area contributed by atoms with E-state index in [1.54, 1.807) is 12.1 Å². The zero-order valence-corrected chi connectivity index (χ0v) is 10.7. The van der Waals surface area contributed by atoms with Gasteiger partial charge in [-0.15, -0.1) is 0 Å². The Morgan fingerprint density at radius 1 is 1.10 bits per heavy atom. The molecule has 0 aromatic heterocycles. The number of hydrogen-bond donors (Lipinski definition) is 1. The molecule has 1 atom stereocenters. The van der Waals surface area contributed by atoms with Crippen LogP contribution in [0.4, 0.5) is 10.1 Å². The van der Waals surface area contributed by atoms with Crippen molar-refractivity contribution in [3.05, 3.63) is 65.5 Å². The van der Waals surface area contributed by atoms with Gasteiger partial charge in [0.2, 0.25) is 0 Å². The van der Waals surface area contributed by atoms with Gasteiger partial charge >= 0.3 is 0 Å². The van der Waals surface area contributed by atoms with Crippen LogP contribution in [0.15, 0.2) is 48.5 Å². The van der Waals surface area contributed by atoms with E-state index in [1.807, 2.05) is 30.3 Å². The fourth-order valence-corrected chi connectivity index (χ4v) is 1.86. The van der Waals surface area contributed by atoms with E-state index in [1.165, 1.54) is 12.1 Å². The maximum atomic E-state index is 13.2. The number of halogens is 1. The quantitative estimate of drug-likeness (QED) is 0.921. The van der Waals surface area contributed by atoms with E-state index in [2.05, 4.69) is 11.4 Å². The predicted molar refractivity (Wildman–Crippen MR) is 74.4 cm³/mol. The summed E-state index contributed by atoms with van der Waals surface area (Å²) in [5, 5.41) is 21.0. The van der Waals surface area contributed by atoms with Crippen LogP contribution in [0.3, 0.4) is 0 Å². The molecule has 0 spiro atoms. The molecule has 0 heterocycles. The van der Waals surface area contributed by atoms with Crippen LogP contribution in [0.5, 0.6) is 0 Å². The van der Waals surface area contributed by atoms with Crippen molar-refractivity contribution in [1.29, 1.82) is 10.5 Å². The second-order valence-corrected chi connectivity index (χ2v) is 4.28. The van der Waals surface area contributed by atoms with E-state index in [4.69, 9.17) is 5.26 Å². The molecule has 0 aliphatic rings. The minimum Gasteiger partial charge on any atom is -0.383 e. The van der Waals surface area contributed by atoms with Crippen molar-refractivity contribution in [2.45, 2.75) is 5.92 Å². The monoisotopic (exact) mass is 265 g/mol. The van der Waals surface area contributed by atoms with Gasteiger partial charge in [0.1, 0.15) is 11.9 Å². The number of nitriles is 2. The van der Waals surface area contributed by atoms with Crippen molar-refractivity contribution < 1.29 is 4.39 Å². The first-order chi connectivity index (χ1) is 9.74. The van der Waals surface area contributed by atoms with Crippen molar-refractivity contribution >= 4 is 5.69 Å². The summed E-state index contributed by atoms with van der Waals surface area (Å²) in [5.41, 5.74) is 1.53. The summed E-state index contributed by atoms with van der Waals surface area (Å²) in [6, 6.07) is 17.7. The standard InChI is InChI=1S/C16H12FN3/c17-16-7-6-15(8-13(16)9-18)20-11-14(10-19)12-4-2-1-3-5-12/h1-8,14,20H,11H2. The highest BCUT2D eigenvalue weighted by Gasteiger charge is 2.10. The van der Waals surface area contributed by atoms with E-state index in [9.17, 15) is 9.65 Å². The SMILES string of the molecule is N#Cc1cc(NCC(C#N)c2ccccc2)ccc1F. The van der Waals surface area contributed by atoms with Gasteiger partial charge in [0, 0.05) is 12.2 Å². The minimum absolute atomic E-state index is 0.0109. The third-order valence-corrected chi connectivity index (χ3v) is 2.95. The van der Waals surface area contributed by atoms with Crippen molar-refractivity contribution in [3.63, 3.8) is 0 Å². The molecule has 2 aromatic carbocycles. The van der Waals surface area contributed by atoms with Crippen LogP contribution in [-0.2, 0) is 0 Å². The summed E-state index contributed by atoms with van der Waals surface area (Å²) in [7, 11) is 0. The molecule has 0 saturated carbocycles. The van der Waals surface area contributed by atoms with Gasteiger partial charge in [-0.25, -0.2) is 4.39 Å². The van der Waals surface area contributed by atoms with Gasteiger partial charge in [0.25, 0.3) is 0 Å². The largest absolute Gasteiger partial charge is 0.383 e. The van der Waals surface area contributed by atoms with Gasteiger partial charge in [0.05, 0.1) is 17.6 Å². The van der Waals surface area contributed by atoms with E-state index in [0.717, 1.165) is 5.56 Å². The van der Waals surface area contributed by atoms with Crippen molar-refractivity contribution in [2.75, 3.05) is 11.9 Å². The van der Waals surface area contributed by atoms with Crippen LogP contribution in [0.2, 0.25) is 0 Å². The van der Waals surface area contributed by atoms with Crippen molar-refractivity contribution in [1.82, 2.24) is 0 Å². The van der Waals surface area contributed by atoms with Crippen LogP contribution in [-0.4, -0.2) is 6.54 Å². The van der Waals surface area contributed by atoms with Crippen LogP contribution in [0.25, 0.3) is 0 Å². The molecule has 0 aliphatic carbocycles. The number of hydrogen-bond acceptors (Lipinski definition) is 3. The number of benzene rings is 2. The topological polar surface area (TPSA) is 59.6 Å².